The number of hydrogen-bond acceptors (Lipinski definition) is 4. The molecule has 0 aliphatic rings. The Morgan fingerprint density at radius 3 is 2.62 bits per heavy atom. The molecule has 0 saturated carbocycles. The first-order valence-corrected chi connectivity index (χ1v) is 4.89. The van der Waals surface area contributed by atoms with E-state index in [1.165, 1.54) is 6.08 Å². The van der Waals surface area contributed by atoms with Crippen molar-refractivity contribution in [1.29, 1.82) is 0 Å². The summed E-state index contributed by atoms with van der Waals surface area (Å²) in [5.41, 5.74) is 0.457. The van der Waals surface area contributed by atoms with Gasteiger partial charge in [0.15, 0.2) is 0 Å². The fraction of sp³-hybridized carbons (Fsp3) is 0.250. The number of benzene rings is 1. The molecule has 1 aromatic carbocycles. The summed E-state index contributed by atoms with van der Waals surface area (Å²) in [7, 11) is 0. The predicted molar refractivity (Wildman–Crippen MR) is 59.5 cm³/mol. The van der Waals surface area contributed by atoms with Crippen LogP contribution in [-0.2, 0) is 4.74 Å². The van der Waals surface area contributed by atoms with E-state index in [1.54, 1.807) is 24.3 Å². The van der Waals surface area contributed by atoms with Crippen LogP contribution in [0.1, 0.15) is 10.4 Å². The van der Waals surface area contributed by atoms with E-state index in [-0.39, 0.29) is 19.8 Å². The topological polar surface area (TPSA) is 55.8 Å². The lowest BCUT2D eigenvalue weighted by atomic mass is 10.2. The van der Waals surface area contributed by atoms with E-state index in [0.29, 0.717) is 11.3 Å². The zero-order chi connectivity index (χ0) is 11.8. The fourth-order valence-electron chi connectivity index (χ4n) is 1.07. The van der Waals surface area contributed by atoms with E-state index < -0.39 is 5.97 Å². The molecule has 0 saturated heterocycles. The van der Waals surface area contributed by atoms with Gasteiger partial charge in [0, 0.05) is 0 Å². The van der Waals surface area contributed by atoms with Crippen LogP contribution < -0.4 is 4.74 Å². The molecule has 0 aliphatic carbocycles. The van der Waals surface area contributed by atoms with Crippen LogP contribution in [0, 0.1) is 0 Å². The normalized spacial score (nSPS) is 9.56. The molecule has 0 heterocycles. The number of rotatable bonds is 6. The average Bonchev–Trinajstić information content (AvgIpc) is 2.34. The van der Waals surface area contributed by atoms with Crippen molar-refractivity contribution >= 4 is 5.97 Å². The maximum absolute atomic E-state index is 11.4. The lowest BCUT2D eigenvalue weighted by Crippen LogP contribution is -2.05. The molecule has 0 bridgehead atoms. The van der Waals surface area contributed by atoms with Gasteiger partial charge >= 0.3 is 5.97 Å². The van der Waals surface area contributed by atoms with Crippen molar-refractivity contribution in [1.82, 2.24) is 0 Å². The van der Waals surface area contributed by atoms with Crippen LogP contribution in [0.4, 0.5) is 0 Å². The first kappa shape index (κ1) is 12.3. The number of esters is 1. The van der Waals surface area contributed by atoms with Crippen LogP contribution in [0.25, 0.3) is 0 Å². The Balaban J connectivity index is 2.56. The lowest BCUT2D eigenvalue weighted by Gasteiger charge is -2.05. The SMILES string of the molecule is C=CCOC(=O)c1ccc(OCCO)cc1. The monoisotopic (exact) mass is 222 g/mol. The van der Waals surface area contributed by atoms with Crippen molar-refractivity contribution in [2.45, 2.75) is 0 Å². The Morgan fingerprint density at radius 2 is 2.06 bits per heavy atom. The van der Waals surface area contributed by atoms with Gasteiger partial charge in [-0.2, -0.15) is 0 Å². The van der Waals surface area contributed by atoms with Gasteiger partial charge in [-0.05, 0) is 24.3 Å². The molecule has 0 amide bonds. The number of hydrogen-bond donors (Lipinski definition) is 1. The zero-order valence-corrected chi connectivity index (χ0v) is 8.89. The second kappa shape index (κ2) is 6.63. The molecule has 0 unspecified atom stereocenters. The van der Waals surface area contributed by atoms with Crippen LogP contribution in [0.2, 0.25) is 0 Å². The first-order chi connectivity index (χ1) is 7.77. The van der Waals surface area contributed by atoms with E-state index >= 15 is 0 Å². The Bertz CT molecular complexity index is 343. The molecular formula is C12H14O4. The van der Waals surface area contributed by atoms with E-state index in [1.807, 2.05) is 0 Å². The molecule has 0 atom stereocenters. The summed E-state index contributed by atoms with van der Waals surface area (Å²) in [4.78, 5) is 11.4. The van der Waals surface area contributed by atoms with Crippen LogP contribution in [-0.4, -0.2) is 30.9 Å². The lowest BCUT2D eigenvalue weighted by molar-refractivity contribution is 0.0549. The summed E-state index contributed by atoms with van der Waals surface area (Å²) in [5.74, 6) is 0.211. The highest BCUT2D eigenvalue weighted by Gasteiger charge is 2.05. The minimum atomic E-state index is -0.395. The van der Waals surface area contributed by atoms with E-state index in [2.05, 4.69) is 6.58 Å². The van der Waals surface area contributed by atoms with Gasteiger partial charge in [0.1, 0.15) is 19.0 Å². The average molecular weight is 222 g/mol. The number of aliphatic hydroxyl groups is 1. The Labute approximate surface area is 94.1 Å². The van der Waals surface area contributed by atoms with Crippen molar-refractivity contribution in [2.75, 3.05) is 19.8 Å². The molecule has 4 nitrogen and oxygen atoms in total. The minimum absolute atomic E-state index is 0.0386. The highest BCUT2D eigenvalue weighted by Crippen LogP contribution is 2.12. The molecule has 86 valence electrons. The van der Waals surface area contributed by atoms with Crippen LogP contribution in [0.15, 0.2) is 36.9 Å². The number of carbonyl (C=O) groups is 1. The maximum Gasteiger partial charge on any atom is 0.338 e. The quantitative estimate of drug-likeness (QED) is 0.584. The van der Waals surface area contributed by atoms with Gasteiger partial charge in [-0.25, -0.2) is 4.79 Å². The third kappa shape index (κ3) is 3.74. The summed E-state index contributed by atoms with van der Waals surface area (Å²) in [6.45, 7) is 3.85. The standard InChI is InChI=1S/C12H14O4/c1-2-8-16-12(14)10-3-5-11(6-4-10)15-9-7-13/h2-6,13H,1,7-9H2. The number of aliphatic hydroxyl groups excluding tert-OH is 1. The molecule has 0 aliphatic heterocycles. The van der Waals surface area contributed by atoms with Crippen molar-refractivity contribution in [3.63, 3.8) is 0 Å². The predicted octanol–water partition coefficient (Wildman–Crippen LogP) is 1.40. The Morgan fingerprint density at radius 1 is 1.38 bits per heavy atom. The van der Waals surface area contributed by atoms with E-state index in [9.17, 15) is 4.79 Å². The van der Waals surface area contributed by atoms with Gasteiger partial charge in [-0.3, -0.25) is 0 Å². The second-order valence-corrected chi connectivity index (χ2v) is 2.98. The first-order valence-electron chi connectivity index (χ1n) is 4.89. The van der Waals surface area contributed by atoms with Crippen LogP contribution >= 0.6 is 0 Å². The van der Waals surface area contributed by atoms with Crippen LogP contribution in [0.3, 0.4) is 0 Å². The molecule has 1 aromatic rings. The third-order valence-corrected chi connectivity index (χ3v) is 1.78. The van der Waals surface area contributed by atoms with Gasteiger partial charge in [-0.15, -0.1) is 0 Å². The van der Waals surface area contributed by atoms with Crippen LogP contribution in [0.5, 0.6) is 5.75 Å². The van der Waals surface area contributed by atoms with Crippen molar-refractivity contribution < 1.29 is 19.4 Å². The van der Waals surface area contributed by atoms with Crippen molar-refractivity contribution in [3.05, 3.63) is 42.5 Å². The van der Waals surface area contributed by atoms with E-state index in [4.69, 9.17) is 14.6 Å². The minimum Gasteiger partial charge on any atom is -0.491 e. The van der Waals surface area contributed by atoms with Gasteiger partial charge in [-0.1, -0.05) is 12.7 Å². The van der Waals surface area contributed by atoms with E-state index in [0.717, 1.165) is 0 Å². The molecule has 0 fully saturated rings. The van der Waals surface area contributed by atoms with Gasteiger partial charge < -0.3 is 14.6 Å². The maximum atomic E-state index is 11.4. The van der Waals surface area contributed by atoms with Crippen molar-refractivity contribution in [3.8, 4) is 5.75 Å². The largest absolute Gasteiger partial charge is 0.491 e. The highest BCUT2D eigenvalue weighted by molar-refractivity contribution is 5.89. The summed E-state index contributed by atoms with van der Waals surface area (Å²) < 4.78 is 10.0. The van der Waals surface area contributed by atoms with Crippen molar-refractivity contribution in [2.24, 2.45) is 0 Å². The Hall–Kier alpha value is -1.81. The number of ether oxygens (including phenoxy) is 2. The highest BCUT2D eigenvalue weighted by atomic mass is 16.5. The summed E-state index contributed by atoms with van der Waals surface area (Å²) in [6, 6.07) is 6.52. The third-order valence-electron chi connectivity index (χ3n) is 1.78. The summed E-state index contributed by atoms with van der Waals surface area (Å²) in [5, 5.41) is 8.56. The fourth-order valence-corrected chi connectivity index (χ4v) is 1.07. The molecule has 16 heavy (non-hydrogen) atoms. The molecule has 1 N–H and O–H groups in total. The Kier molecular flexibility index (Phi) is 5.08. The molecule has 0 aromatic heterocycles. The van der Waals surface area contributed by atoms with Gasteiger partial charge in [0.2, 0.25) is 0 Å². The summed E-state index contributed by atoms with van der Waals surface area (Å²) >= 11 is 0. The zero-order valence-electron chi connectivity index (χ0n) is 8.89. The van der Waals surface area contributed by atoms with Gasteiger partial charge in [0.05, 0.1) is 12.2 Å². The number of carbonyl (C=O) groups excluding carboxylic acids is 1. The summed E-state index contributed by atoms with van der Waals surface area (Å²) in [6.07, 6.45) is 1.51. The van der Waals surface area contributed by atoms with Gasteiger partial charge in [0.25, 0.3) is 0 Å². The molecule has 4 heteroatoms. The molecular weight excluding hydrogens is 208 g/mol. The second-order valence-electron chi connectivity index (χ2n) is 2.98. The molecule has 1 rings (SSSR count). The molecule has 0 radical (unpaired) electrons. The smallest absolute Gasteiger partial charge is 0.338 e. The molecule has 0 spiro atoms.